The summed E-state index contributed by atoms with van der Waals surface area (Å²) >= 11 is 0. The first-order valence-corrected chi connectivity index (χ1v) is 7.94. The van der Waals surface area contributed by atoms with Gasteiger partial charge in [0.2, 0.25) is 0 Å². The standard InChI is InChI=1S/C15H29N3/c1-17-7-4-13(5-8-17)10-16-11-14-6-9-18(12-14)15-2-3-15/h13-16H,2-12H2,1H3. The number of piperidine rings is 1. The number of hydrogen-bond donors (Lipinski definition) is 1. The zero-order valence-corrected chi connectivity index (χ0v) is 11.9. The van der Waals surface area contributed by atoms with Crippen molar-refractivity contribution in [1.29, 1.82) is 0 Å². The molecule has 0 spiro atoms. The SMILES string of the molecule is CN1CCC(CNCC2CCN(C3CC3)C2)CC1. The van der Waals surface area contributed by atoms with Crippen LogP contribution < -0.4 is 5.32 Å². The van der Waals surface area contributed by atoms with E-state index in [4.69, 9.17) is 0 Å². The highest BCUT2D eigenvalue weighted by Gasteiger charge is 2.34. The molecule has 0 bridgehead atoms. The Hall–Kier alpha value is -0.120. The molecule has 18 heavy (non-hydrogen) atoms. The first-order chi connectivity index (χ1) is 8.81. The van der Waals surface area contributed by atoms with Crippen LogP contribution in [0.25, 0.3) is 0 Å². The van der Waals surface area contributed by atoms with E-state index in [1.54, 1.807) is 0 Å². The molecule has 3 rings (SSSR count). The van der Waals surface area contributed by atoms with Gasteiger partial charge in [0.1, 0.15) is 0 Å². The van der Waals surface area contributed by atoms with E-state index in [-0.39, 0.29) is 0 Å². The maximum absolute atomic E-state index is 3.75. The zero-order chi connectivity index (χ0) is 12.4. The van der Waals surface area contributed by atoms with Gasteiger partial charge in [-0.25, -0.2) is 0 Å². The van der Waals surface area contributed by atoms with Crippen LogP contribution in [0.3, 0.4) is 0 Å². The normalized spacial score (nSPS) is 32.2. The van der Waals surface area contributed by atoms with Gasteiger partial charge in [-0.2, -0.15) is 0 Å². The summed E-state index contributed by atoms with van der Waals surface area (Å²) in [5.74, 6) is 1.86. The Balaban J connectivity index is 1.28. The van der Waals surface area contributed by atoms with Crippen LogP contribution >= 0.6 is 0 Å². The highest BCUT2D eigenvalue weighted by Crippen LogP contribution is 2.31. The van der Waals surface area contributed by atoms with Gasteiger partial charge >= 0.3 is 0 Å². The van der Waals surface area contributed by atoms with E-state index in [9.17, 15) is 0 Å². The van der Waals surface area contributed by atoms with Gasteiger partial charge in [-0.1, -0.05) is 0 Å². The molecule has 3 heteroatoms. The molecular formula is C15H29N3. The molecule has 1 aliphatic carbocycles. The summed E-state index contributed by atoms with van der Waals surface area (Å²) in [6.45, 7) is 7.84. The minimum Gasteiger partial charge on any atom is -0.316 e. The molecule has 3 nitrogen and oxygen atoms in total. The number of rotatable bonds is 5. The fraction of sp³-hybridized carbons (Fsp3) is 1.00. The Morgan fingerprint density at radius 3 is 2.28 bits per heavy atom. The molecule has 1 atom stereocenters. The molecule has 1 saturated carbocycles. The lowest BCUT2D eigenvalue weighted by Crippen LogP contribution is -2.36. The molecule has 3 fully saturated rings. The molecule has 1 N–H and O–H groups in total. The van der Waals surface area contributed by atoms with Gasteiger partial charge < -0.3 is 15.1 Å². The van der Waals surface area contributed by atoms with E-state index in [0.29, 0.717) is 0 Å². The highest BCUT2D eigenvalue weighted by molar-refractivity contribution is 4.90. The molecule has 2 saturated heterocycles. The first kappa shape index (κ1) is 12.9. The molecular weight excluding hydrogens is 222 g/mol. The van der Waals surface area contributed by atoms with Gasteiger partial charge in [0, 0.05) is 12.6 Å². The van der Waals surface area contributed by atoms with Crippen LogP contribution in [-0.4, -0.2) is 62.2 Å². The van der Waals surface area contributed by atoms with Crippen molar-refractivity contribution < 1.29 is 0 Å². The predicted molar refractivity (Wildman–Crippen MR) is 75.8 cm³/mol. The summed E-state index contributed by atoms with van der Waals surface area (Å²) in [6, 6.07) is 0.976. The van der Waals surface area contributed by atoms with Crippen LogP contribution in [0.15, 0.2) is 0 Å². The zero-order valence-electron chi connectivity index (χ0n) is 11.9. The fourth-order valence-electron chi connectivity index (χ4n) is 3.56. The molecule has 0 radical (unpaired) electrons. The Labute approximate surface area is 112 Å². The average molecular weight is 251 g/mol. The van der Waals surface area contributed by atoms with Gasteiger partial charge in [0.25, 0.3) is 0 Å². The molecule has 2 aliphatic heterocycles. The van der Waals surface area contributed by atoms with Gasteiger partial charge in [0.05, 0.1) is 0 Å². The van der Waals surface area contributed by atoms with Gasteiger partial charge in [-0.3, -0.25) is 0 Å². The van der Waals surface area contributed by atoms with Crippen molar-refractivity contribution in [1.82, 2.24) is 15.1 Å². The van der Waals surface area contributed by atoms with Gasteiger partial charge in [0.15, 0.2) is 0 Å². The van der Waals surface area contributed by atoms with E-state index in [0.717, 1.165) is 17.9 Å². The van der Waals surface area contributed by atoms with Crippen LogP contribution in [0.4, 0.5) is 0 Å². The van der Waals surface area contributed by atoms with Crippen molar-refractivity contribution >= 4 is 0 Å². The number of hydrogen-bond acceptors (Lipinski definition) is 3. The average Bonchev–Trinajstić information content (AvgIpc) is 3.12. The Bertz CT molecular complexity index is 256. The topological polar surface area (TPSA) is 18.5 Å². The quantitative estimate of drug-likeness (QED) is 0.797. The van der Waals surface area contributed by atoms with E-state index in [1.807, 2.05) is 0 Å². The van der Waals surface area contributed by atoms with Crippen molar-refractivity contribution in [3.63, 3.8) is 0 Å². The molecule has 1 unspecified atom stereocenters. The summed E-state index contributed by atoms with van der Waals surface area (Å²) in [5.41, 5.74) is 0. The minimum atomic E-state index is 0.928. The van der Waals surface area contributed by atoms with E-state index in [2.05, 4.69) is 22.2 Å². The lowest BCUT2D eigenvalue weighted by molar-refractivity contribution is 0.214. The maximum Gasteiger partial charge on any atom is 0.00965 e. The fourth-order valence-corrected chi connectivity index (χ4v) is 3.56. The summed E-state index contributed by atoms with van der Waals surface area (Å²) in [7, 11) is 2.24. The third kappa shape index (κ3) is 3.46. The van der Waals surface area contributed by atoms with E-state index >= 15 is 0 Å². The van der Waals surface area contributed by atoms with Crippen LogP contribution in [0.1, 0.15) is 32.1 Å². The second-order valence-corrected chi connectivity index (χ2v) is 6.79. The highest BCUT2D eigenvalue weighted by atomic mass is 15.2. The third-order valence-electron chi connectivity index (χ3n) is 5.08. The third-order valence-corrected chi connectivity index (χ3v) is 5.08. The Morgan fingerprint density at radius 1 is 0.889 bits per heavy atom. The molecule has 0 aromatic carbocycles. The van der Waals surface area contributed by atoms with Crippen LogP contribution in [-0.2, 0) is 0 Å². The van der Waals surface area contributed by atoms with Crippen LogP contribution in [0.2, 0.25) is 0 Å². The lowest BCUT2D eigenvalue weighted by atomic mass is 9.97. The molecule has 0 aromatic rings. The number of nitrogens with one attached hydrogen (secondary N) is 1. The summed E-state index contributed by atoms with van der Waals surface area (Å²) in [4.78, 5) is 5.18. The lowest BCUT2D eigenvalue weighted by Gasteiger charge is -2.29. The van der Waals surface area contributed by atoms with Crippen LogP contribution in [0.5, 0.6) is 0 Å². The van der Waals surface area contributed by atoms with Crippen molar-refractivity contribution in [2.75, 3.05) is 46.3 Å². The molecule has 0 aromatic heterocycles. The summed E-state index contributed by atoms with van der Waals surface area (Å²) in [6.07, 6.45) is 7.15. The van der Waals surface area contributed by atoms with Crippen molar-refractivity contribution in [2.24, 2.45) is 11.8 Å². The number of likely N-dealkylation sites (tertiary alicyclic amines) is 2. The minimum absolute atomic E-state index is 0.928. The maximum atomic E-state index is 3.75. The smallest absolute Gasteiger partial charge is 0.00965 e. The van der Waals surface area contributed by atoms with E-state index in [1.165, 1.54) is 71.4 Å². The summed E-state index contributed by atoms with van der Waals surface area (Å²) < 4.78 is 0. The second kappa shape index (κ2) is 5.89. The van der Waals surface area contributed by atoms with Gasteiger partial charge in [-0.05, 0) is 83.7 Å². The second-order valence-electron chi connectivity index (χ2n) is 6.79. The van der Waals surface area contributed by atoms with Crippen LogP contribution in [0, 0.1) is 11.8 Å². The molecule has 104 valence electrons. The van der Waals surface area contributed by atoms with Crippen molar-refractivity contribution in [2.45, 2.75) is 38.1 Å². The van der Waals surface area contributed by atoms with Crippen molar-refractivity contribution in [3.05, 3.63) is 0 Å². The molecule has 2 heterocycles. The van der Waals surface area contributed by atoms with Gasteiger partial charge in [-0.15, -0.1) is 0 Å². The molecule has 0 amide bonds. The Kier molecular flexibility index (Phi) is 4.22. The largest absolute Gasteiger partial charge is 0.316 e. The van der Waals surface area contributed by atoms with E-state index < -0.39 is 0 Å². The predicted octanol–water partition coefficient (Wildman–Crippen LogP) is 1.40. The van der Waals surface area contributed by atoms with Crippen molar-refractivity contribution in [3.8, 4) is 0 Å². The summed E-state index contributed by atoms with van der Waals surface area (Å²) in [5, 5.41) is 3.75. The Morgan fingerprint density at radius 2 is 1.56 bits per heavy atom. The number of nitrogens with zero attached hydrogens (tertiary/aromatic N) is 2. The monoisotopic (exact) mass is 251 g/mol. The first-order valence-electron chi connectivity index (χ1n) is 7.94. The molecule has 3 aliphatic rings.